The first-order chi connectivity index (χ1) is 6.29. The van der Waals surface area contributed by atoms with Gasteiger partial charge in [0, 0.05) is 13.0 Å². The Morgan fingerprint density at radius 2 is 2.54 bits per heavy atom. The van der Waals surface area contributed by atoms with Crippen LogP contribution in [-0.4, -0.2) is 39.0 Å². The molecule has 1 aliphatic rings. The van der Waals surface area contributed by atoms with Gasteiger partial charge in [0.25, 0.3) is 0 Å². The number of hydrogen-bond acceptors (Lipinski definition) is 4. The summed E-state index contributed by atoms with van der Waals surface area (Å²) >= 11 is 0. The molecule has 1 atom stereocenters. The molecule has 0 aliphatic carbocycles. The van der Waals surface area contributed by atoms with Gasteiger partial charge in [0.1, 0.15) is 12.2 Å². The summed E-state index contributed by atoms with van der Waals surface area (Å²) in [5.74, 6) is 0.756. The van der Waals surface area contributed by atoms with Crippen molar-refractivity contribution >= 4 is 0 Å². The Kier molecular flexibility index (Phi) is 2.28. The standard InChI is InChI=1S/C8H14N4O/c13-8(2-1-3-9-5-8)4-7-10-6-11-12-7/h6,9,13H,1-5H2,(H,10,11,12). The second-order valence-electron chi connectivity index (χ2n) is 3.61. The lowest BCUT2D eigenvalue weighted by molar-refractivity contribution is 0.0152. The van der Waals surface area contributed by atoms with Gasteiger partial charge in [-0.05, 0) is 19.4 Å². The number of nitrogens with one attached hydrogen (secondary N) is 2. The van der Waals surface area contributed by atoms with Crippen LogP contribution < -0.4 is 5.32 Å². The Labute approximate surface area is 76.6 Å². The van der Waals surface area contributed by atoms with Crippen LogP contribution in [0.15, 0.2) is 6.33 Å². The van der Waals surface area contributed by atoms with Crippen LogP contribution in [0.3, 0.4) is 0 Å². The Morgan fingerprint density at radius 1 is 1.62 bits per heavy atom. The minimum Gasteiger partial charge on any atom is -0.388 e. The molecule has 2 heterocycles. The Bertz CT molecular complexity index is 253. The van der Waals surface area contributed by atoms with Crippen LogP contribution in [0.5, 0.6) is 0 Å². The molecule has 0 spiro atoms. The zero-order chi connectivity index (χ0) is 9.15. The molecule has 0 amide bonds. The summed E-state index contributed by atoms with van der Waals surface area (Å²) in [5.41, 5.74) is -0.641. The van der Waals surface area contributed by atoms with E-state index in [-0.39, 0.29) is 0 Å². The molecule has 2 rings (SSSR count). The lowest BCUT2D eigenvalue weighted by atomic mass is 9.90. The van der Waals surface area contributed by atoms with Crippen molar-refractivity contribution < 1.29 is 5.11 Å². The highest BCUT2D eigenvalue weighted by molar-refractivity contribution is 4.95. The van der Waals surface area contributed by atoms with Crippen molar-refractivity contribution in [2.24, 2.45) is 0 Å². The van der Waals surface area contributed by atoms with Gasteiger partial charge in [0.15, 0.2) is 0 Å². The highest BCUT2D eigenvalue weighted by Crippen LogP contribution is 2.19. The quantitative estimate of drug-likeness (QED) is 0.574. The summed E-state index contributed by atoms with van der Waals surface area (Å²) in [6.45, 7) is 1.65. The average Bonchev–Trinajstić information content (AvgIpc) is 2.57. The van der Waals surface area contributed by atoms with E-state index in [1.807, 2.05) is 0 Å². The molecule has 0 saturated carbocycles. The number of aliphatic hydroxyl groups is 1. The maximum Gasteiger partial charge on any atom is 0.137 e. The first-order valence-electron chi connectivity index (χ1n) is 4.56. The topological polar surface area (TPSA) is 73.8 Å². The fourth-order valence-corrected chi connectivity index (χ4v) is 1.73. The van der Waals surface area contributed by atoms with Gasteiger partial charge in [-0.2, -0.15) is 5.10 Å². The van der Waals surface area contributed by atoms with Crippen LogP contribution in [-0.2, 0) is 6.42 Å². The molecule has 1 aromatic heterocycles. The normalized spacial score (nSPS) is 29.0. The third-order valence-corrected chi connectivity index (χ3v) is 2.41. The molecule has 5 heteroatoms. The van der Waals surface area contributed by atoms with Crippen LogP contribution >= 0.6 is 0 Å². The van der Waals surface area contributed by atoms with Crippen molar-refractivity contribution in [3.63, 3.8) is 0 Å². The first kappa shape index (κ1) is 8.65. The summed E-state index contributed by atoms with van der Waals surface area (Å²) in [6.07, 6.45) is 3.88. The van der Waals surface area contributed by atoms with Crippen LogP contribution in [0.4, 0.5) is 0 Å². The molecule has 1 fully saturated rings. The fraction of sp³-hybridized carbons (Fsp3) is 0.750. The van der Waals surface area contributed by atoms with Crippen LogP contribution in [0, 0.1) is 0 Å². The van der Waals surface area contributed by atoms with Gasteiger partial charge in [-0.3, -0.25) is 5.10 Å². The van der Waals surface area contributed by atoms with E-state index in [2.05, 4.69) is 20.5 Å². The molecule has 0 bridgehead atoms. The monoisotopic (exact) mass is 182 g/mol. The minimum atomic E-state index is -0.641. The lowest BCUT2D eigenvalue weighted by Crippen LogP contribution is -2.47. The predicted molar refractivity (Wildman–Crippen MR) is 47.1 cm³/mol. The number of aromatic amines is 1. The van der Waals surface area contributed by atoms with E-state index in [0.29, 0.717) is 13.0 Å². The molecule has 0 radical (unpaired) electrons. The van der Waals surface area contributed by atoms with E-state index in [4.69, 9.17) is 0 Å². The van der Waals surface area contributed by atoms with Gasteiger partial charge in [-0.15, -0.1) is 0 Å². The Hall–Kier alpha value is -0.940. The van der Waals surface area contributed by atoms with Gasteiger partial charge in [-0.1, -0.05) is 0 Å². The van der Waals surface area contributed by atoms with E-state index in [1.165, 1.54) is 6.33 Å². The third-order valence-electron chi connectivity index (χ3n) is 2.41. The Morgan fingerprint density at radius 3 is 3.15 bits per heavy atom. The number of nitrogens with zero attached hydrogens (tertiary/aromatic N) is 2. The number of piperidine rings is 1. The van der Waals surface area contributed by atoms with Gasteiger partial charge in [0.2, 0.25) is 0 Å². The molecule has 1 aromatic rings. The fourth-order valence-electron chi connectivity index (χ4n) is 1.73. The molecule has 5 nitrogen and oxygen atoms in total. The van der Waals surface area contributed by atoms with Crippen molar-refractivity contribution in [2.45, 2.75) is 24.9 Å². The zero-order valence-corrected chi connectivity index (χ0v) is 7.45. The maximum atomic E-state index is 10.1. The van der Waals surface area contributed by atoms with Gasteiger partial charge >= 0.3 is 0 Å². The number of H-pyrrole nitrogens is 1. The van der Waals surface area contributed by atoms with Crippen LogP contribution in [0.25, 0.3) is 0 Å². The van der Waals surface area contributed by atoms with E-state index < -0.39 is 5.60 Å². The van der Waals surface area contributed by atoms with Crippen molar-refractivity contribution in [1.29, 1.82) is 0 Å². The predicted octanol–water partition coefficient (Wildman–Crippen LogP) is -0.538. The van der Waals surface area contributed by atoms with E-state index in [9.17, 15) is 5.11 Å². The number of β-amino-alcohol motifs (C(OH)–C–C–N with tert-alkyl or cyclic N) is 1. The van der Waals surface area contributed by atoms with E-state index in [0.717, 1.165) is 25.2 Å². The van der Waals surface area contributed by atoms with Gasteiger partial charge < -0.3 is 10.4 Å². The van der Waals surface area contributed by atoms with Crippen molar-refractivity contribution in [2.75, 3.05) is 13.1 Å². The Balaban J connectivity index is 1.99. The molecule has 1 aliphatic heterocycles. The van der Waals surface area contributed by atoms with Crippen LogP contribution in [0.2, 0.25) is 0 Å². The summed E-state index contributed by atoms with van der Waals surface area (Å²) in [5, 5.41) is 19.8. The second kappa shape index (κ2) is 3.43. The zero-order valence-electron chi connectivity index (χ0n) is 7.45. The van der Waals surface area contributed by atoms with E-state index >= 15 is 0 Å². The number of rotatable bonds is 2. The average molecular weight is 182 g/mol. The van der Waals surface area contributed by atoms with Crippen molar-refractivity contribution in [1.82, 2.24) is 20.5 Å². The molecule has 1 unspecified atom stereocenters. The molecular weight excluding hydrogens is 168 g/mol. The maximum absolute atomic E-state index is 10.1. The molecule has 13 heavy (non-hydrogen) atoms. The van der Waals surface area contributed by atoms with Crippen molar-refractivity contribution in [3.8, 4) is 0 Å². The molecule has 1 saturated heterocycles. The van der Waals surface area contributed by atoms with E-state index in [1.54, 1.807) is 0 Å². The van der Waals surface area contributed by atoms with Crippen LogP contribution in [0.1, 0.15) is 18.7 Å². The van der Waals surface area contributed by atoms with Gasteiger partial charge in [0.05, 0.1) is 5.60 Å². The number of aromatic nitrogens is 3. The lowest BCUT2D eigenvalue weighted by Gasteiger charge is -2.31. The largest absolute Gasteiger partial charge is 0.388 e. The number of hydrogen-bond donors (Lipinski definition) is 3. The van der Waals surface area contributed by atoms with Crippen molar-refractivity contribution in [3.05, 3.63) is 12.2 Å². The summed E-state index contributed by atoms with van der Waals surface area (Å²) < 4.78 is 0. The molecule has 72 valence electrons. The summed E-state index contributed by atoms with van der Waals surface area (Å²) in [4.78, 5) is 4.00. The minimum absolute atomic E-state index is 0.556. The molecular formula is C8H14N4O. The first-order valence-corrected chi connectivity index (χ1v) is 4.56. The summed E-state index contributed by atoms with van der Waals surface area (Å²) in [6, 6.07) is 0. The molecule has 3 N–H and O–H groups in total. The SMILES string of the molecule is OC1(Cc2ncn[nH]2)CCCNC1. The molecule has 0 aromatic carbocycles. The van der Waals surface area contributed by atoms with Gasteiger partial charge in [-0.25, -0.2) is 4.98 Å². The summed E-state index contributed by atoms with van der Waals surface area (Å²) in [7, 11) is 0. The smallest absolute Gasteiger partial charge is 0.137 e. The second-order valence-corrected chi connectivity index (χ2v) is 3.61. The third kappa shape index (κ3) is 2.05. The highest BCUT2D eigenvalue weighted by Gasteiger charge is 2.30. The highest BCUT2D eigenvalue weighted by atomic mass is 16.3.